The number of ether oxygens (including phenoxy) is 1. The van der Waals surface area contributed by atoms with Gasteiger partial charge >= 0.3 is 5.97 Å². The molecule has 0 aliphatic carbocycles. The number of hydrogen-bond acceptors (Lipinski definition) is 5. The Bertz CT molecular complexity index is 1370. The second kappa shape index (κ2) is 11.4. The maximum Gasteiger partial charge on any atom is 0.311 e. The van der Waals surface area contributed by atoms with Crippen molar-refractivity contribution in [1.29, 1.82) is 0 Å². The first-order valence-electron chi connectivity index (χ1n) is 12.2. The highest BCUT2D eigenvalue weighted by molar-refractivity contribution is 6.33. The molecule has 0 radical (unpaired) electrons. The van der Waals surface area contributed by atoms with Gasteiger partial charge in [-0.3, -0.25) is 9.59 Å². The van der Waals surface area contributed by atoms with E-state index in [9.17, 15) is 19.8 Å². The van der Waals surface area contributed by atoms with Gasteiger partial charge in [0.25, 0.3) is 0 Å². The SMILES string of the molecule is Cc1c(Cl)c(O)c(CCCCCCCC(=O)Oc2c3ccccc3cc3ccccc23)c(O)c1C=O. The molecule has 0 aromatic heterocycles. The molecule has 4 aromatic rings. The van der Waals surface area contributed by atoms with E-state index in [1.807, 2.05) is 48.5 Å². The molecule has 0 saturated heterocycles. The number of esters is 1. The van der Waals surface area contributed by atoms with Gasteiger partial charge in [0.1, 0.15) is 17.2 Å². The first-order chi connectivity index (χ1) is 17.4. The minimum Gasteiger partial charge on any atom is -0.507 e. The van der Waals surface area contributed by atoms with Crippen LogP contribution in [-0.4, -0.2) is 22.5 Å². The van der Waals surface area contributed by atoms with E-state index < -0.39 is 0 Å². The summed E-state index contributed by atoms with van der Waals surface area (Å²) in [6.07, 6.45) is 5.33. The Hall–Kier alpha value is -3.57. The first kappa shape index (κ1) is 25.5. The number of unbranched alkanes of at least 4 members (excludes halogenated alkanes) is 4. The molecule has 0 aliphatic heterocycles. The molecule has 0 atom stereocenters. The minimum atomic E-state index is -0.248. The molecule has 0 spiro atoms. The zero-order valence-corrected chi connectivity index (χ0v) is 21.0. The summed E-state index contributed by atoms with van der Waals surface area (Å²) in [7, 11) is 0. The van der Waals surface area contributed by atoms with Gasteiger partial charge in [0, 0.05) is 22.8 Å². The summed E-state index contributed by atoms with van der Waals surface area (Å²) in [4.78, 5) is 23.9. The number of rotatable bonds is 10. The summed E-state index contributed by atoms with van der Waals surface area (Å²) < 4.78 is 5.86. The summed E-state index contributed by atoms with van der Waals surface area (Å²) in [5.74, 6) is -0.00381. The molecular formula is C30H29ClO5. The Morgan fingerprint density at radius 3 is 2.11 bits per heavy atom. The fourth-order valence-electron chi connectivity index (χ4n) is 4.61. The second-order valence-electron chi connectivity index (χ2n) is 9.04. The van der Waals surface area contributed by atoms with Crippen LogP contribution in [0.2, 0.25) is 5.02 Å². The quantitative estimate of drug-likeness (QED) is 0.0760. The topological polar surface area (TPSA) is 83.8 Å². The molecule has 0 fully saturated rings. The van der Waals surface area contributed by atoms with Crippen molar-refractivity contribution in [2.24, 2.45) is 0 Å². The Labute approximate surface area is 215 Å². The van der Waals surface area contributed by atoms with Crippen molar-refractivity contribution in [3.05, 3.63) is 76.3 Å². The van der Waals surface area contributed by atoms with Gasteiger partial charge in [-0.15, -0.1) is 0 Å². The van der Waals surface area contributed by atoms with Crippen LogP contribution in [0.1, 0.15) is 60.0 Å². The molecule has 2 N–H and O–H groups in total. The van der Waals surface area contributed by atoms with Crippen LogP contribution in [0.15, 0.2) is 54.6 Å². The summed E-state index contributed by atoms with van der Waals surface area (Å²) in [5, 5.41) is 24.6. The molecule has 36 heavy (non-hydrogen) atoms. The van der Waals surface area contributed by atoms with Gasteiger partial charge in [0.05, 0.1) is 10.6 Å². The van der Waals surface area contributed by atoms with Crippen LogP contribution in [0.25, 0.3) is 21.5 Å². The zero-order chi connectivity index (χ0) is 25.7. The van der Waals surface area contributed by atoms with E-state index in [1.165, 1.54) is 0 Å². The average Bonchev–Trinajstić information content (AvgIpc) is 2.88. The number of hydrogen-bond donors (Lipinski definition) is 2. The van der Waals surface area contributed by atoms with Gasteiger partial charge < -0.3 is 14.9 Å². The van der Waals surface area contributed by atoms with Crippen molar-refractivity contribution in [3.63, 3.8) is 0 Å². The van der Waals surface area contributed by atoms with Crippen molar-refractivity contribution >= 4 is 45.4 Å². The third-order valence-electron chi connectivity index (χ3n) is 6.63. The van der Waals surface area contributed by atoms with Crippen LogP contribution >= 0.6 is 11.6 Å². The van der Waals surface area contributed by atoms with E-state index >= 15 is 0 Å². The number of benzene rings is 4. The van der Waals surface area contributed by atoms with Crippen molar-refractivity contribution in [2.45, 2.75) is 51.9 Å². The number of aromatic hydroxyl groups is 2. The fraction of sp³-hybridized carbons (Fsp3) is 0.267. The first-order valence-corrected chi connectivity index (χ1v) is 12.6. The van der Waals surface area contributed by atoms with E-state index in [0.717, 1.165) is 40.8 Å². The highest BCUT2D eigenvalue weighted by Crippen LogP contribution is 2.41. The number of phenols is 2. The van der Waals surface area contributed by atoms with Crippen LogP contribution in [0, 0.1) is 6.92 Å². The molecule has 0 aliphatic rings. The maximum absolute atomic E-state index is 12.6. The third kappa shape index (κ3) is 5.31. The molecule has 0 saturated carbocycles. The highest BCUT2D eigenvalue weighted by atomic mass is 35.5. The second-order valence-corrected chi connectivity index (χ2v) is 9.41. The summed E-state index contributed by atoms with van der Waals surface area (Å²) >= 11 is 6.11. The standard InChI is InChI=1S/C30H29ClO5/c1-19-25(18-32)28(34)24(29(35)27(19)31)15-5-3-2-4-6-16-26(33)36-30-22-13-9-7-11-20(22)17-21-12-8-10-14-23(21)30/h7-14,17-18,34-35H,2-6,15-16H2,1H3. The van der Waals surface area contributed by atoms with Gasteiger partial charge in [-0.25, -0.2) is 0 Å². The van der Waals surface area contributed by atoms with Crippen molar-refractivity contribution in [2.75, 3.05) is 0 Å². The average molecular weight is 505 g/mol. The van der Waals surface area contributed by atoms with Crippen LogP contribution in [-0.2, 0) is 11.2 Å². The van der Waals surface area contributed by atoms with Crippen LogP contribution in [0.5, 0.6) is 17.2 Å². The Balaban J connectivity index is 1.28. The van der Waals surface area contributed by atoms with Gasteiger partial charge in [0.2, 0.25) is 0 Å². The Kier molecular flexibility index (Phi) is 8.11. The van der Waals surface area contributed by atoms with Gasteiger partial charge in [-0.1, -0.05) is 79.4 Å². The minimum absolute atomic E-state index is 0.0994. The lowest BCUT2D eigenvalue weighted by atomic mass is 9.98. The summed E-state index contributed by atoms with van der Waals surface area (Å²) in [6, 6.07) is 17.9. The highest BCUT2D eigenvalue weighted by Gasteiger charge is 2.19. The molecule has 4 aromatic carbocycles. The van der Waals surface area contributed by atoms with Gasteiger partial charge in [0.15, 0.2) is 6.29 Å². The molecule has 0 unspecified atom stereocenters. The molecule has 0 amide bonds. The van der Waals surface area contributed by atoms with E-state index in [0.29, 0.717) is 48.8 Å². The monoisotopic (exact) mass is 504 g/mol. The number of fused-ring (bicyclic) bond motifs is 2. The predicted molar refractivity (Wildman–Crippen MR) is 143 cm³/mol. The number of carbonyl (C=O) groups is 2. The van der Waals surface area contributed by atoms with Crippen molar-refractivity contribution in [1.82, 2.24) is 0 Å². The maximum atomic E-state index is 12.6. The third-order valence-corrected chi connectivity index (χ3v) is 7.09. The lowest BCUT2D eigenvalue weighted by Gasteiger charge is -2.14. The molecule has 186 valence electrons. The molecule has 6 heteroatoms. The van der Waals surface area contributed by atoms with Crippen LogP contribution in [0.4, 0.5) is 0 Å². The normalized spacial score (nSPS) is 11.2. The van der Waals surface area contributed by atoms with E-state index in [1.54, 1.807) is 6.92 Å². The lowest BCUT2D eigenvalue weighted by Crippen LogP contribution is -2.08. The Morgan fingerprint density at radius 2 is 1.47 bits per heavy atom. The number of halogens is 1. The van der Waals surface area contributed by atoms with E-state index in [2.05, 4.69) is 6.07 Å². The zero-order valence-electron chi connectivity index (χ0n) is 20.2. The van der Waals surface area contributed by atoms with E-state index in [-0.39, 0.29) is 28.1 Å². The predicted octanol–water partition coefficient (Wildman–Crippen LogP) is 7.67. The number of carbonyl (C=O) groups excluding carboxylic acids is 2. The van der Waals surface area contributed by atoms with Crippen molar-refractivity contribution < 1.29 is 24.5 Å². The number of phenolic OH excluding ortho intramolecular Hbond substituents is 2. The number of aldehydes is 1. The van der Waals surface area contributed by atoms with Crippen LogP contribution < -0.4 is 4.74 Å². The molecule has 0 heterocycles. The largest absolute Gasteiger partial charge is 0.507 e. The summed E-state index contributed by atoms with van der Waals surface area (Å²) in [5.41, 5.74) is 0.790. The lowest BCUT2D eigenvalue weighted by molar-refractivity contribution is -0.134. The van der Waals surface area contributed by atoms with Crippen LogP contribution in [0.3, 0.4) is 0 Å². The van der Waals surface area contributed by atoms with Gasteiger partial charge in [-0.2, -0.15) is 0 Å². The van der Waals surface area contributed by atoms with Gasteiger partial charge in [-0.05, 0) is 48.6 Å². The molecular weight excluding hydrogens is 476 g/mol. The molecule has 0 bridgehead atoms. The van der Waals surface area contributed by atoms with E-state index in [4.69, 9.17) is 16.3 Å². The van der Waals surface area contributed by atoms with Crippen molar-refractivity contribution in [3.8, 4) is 17.2 Å². The summed E-state index contributed by atoms with van der Waals surface area (Å²) in [6.45, 7) is 1.59. The fourth-order valence-corrected chi connectivity index (χ4v) is 4.83. The molecule has 4 rings (SSSR count). The molecule has 5 nitrogen and oxygen atoms in total. The smallest absolute Gasteiger partial charge is 0.311 e. The Morgan fingerprint density at radius 1 is 0.889 bits per heavy atom.